The minimum atomic E-state index is 0.653. The minimum absolute atomic E-state index is 0.653. The van der Waals surface area contributed by atoms with Gasteiger partial charge in [0.25, 0.3) is 0 Å². The first-order valence-electron chi connectivity index (χ1n) is 18.3. The molecule has 8 heterocycles. The number of nitrogens with zero attached hydrogens (tertiary/aromatic N) is 4. The number of aromatic nitrogens is 4. The van der Waals surface area contributed by atoms with Crippen molar-refractivity contribution in [2.75, 3.05) is 0 Å². The number of fused-ring (bicyclic) bond motifs is 8. The number of pyridine rings is 4. The van der Waals surface area contributed by atoms with Crippen molar-refractivity contribution < 1.29 is 18.9 Å². The van der Waals surface area contributed by atoms with E-state index in [0.717, 1.165) is 90.1 Å². The third kappa shape index (κ3) is 4.53. The lowest BCUT2D eigenvalue weighted by molar-refractivity contribution is 0.468. The zero-order valence-corrected chi connectivity index (χ0v) is 29.4. The molecule has 8 aromatic rings. The second-order valence-corrected chi connectivity index (χ2v) is 13.7. The van der Waals surface area contributed by atoms with Gasteiger partial charge in [-0.15, -0.1) is 0 Å². The van der Waals surface area contributed by atoms with Crippen LogP contribution < -0.4 is 18.9 Å². The van der Waals surface area contributed by atoms with Gasteiger partial charge in [-0.1, -0.05) is 54.6 Å². The van der Waals surface area contributed by atoms with Crippen LogP contribution in [0.15, 0.2) is 158 Å². The largest absolute Gasteiger partial charge is 0.454 e. The highest BCUT2D eigenvalue weighted by molar-refractivity contribution is 6.10. The quantitative estimate of drug-likeness (QED) is 0.165. The summed E-state index contributed by atoms with van der Waals surface area (Å²) in [6, 6.07) is 45.9. The number of benzene rings is 4. The Balaban J connectivity index is 1.10. The summed E-state index contributed by atoms with van der Waals surface area (Å²) >= 11 is 0. The van der Waals surface area contributed by atoms with Crippen molar-refractivity contribution in [2.45, 2.75) is 0 Å². The molecule has 0 spiro atoms. The van der Waals surface area contributed by atoms with Gasteiger partial charge >= 0.3 is 0 Å². The minimum Gasteiger partial charge on any atom is -0.454 e. The first kappa shape index (κ1) is 30.6. The second-order valence-electron chi connectivity index (χ2n) is 13.7. The molecule has 0 amide bonds. The van der Waals surface area contributed by atoms with Crippen LogP contribution in [0.1, 0.15) is 45.0 Å². The van der Waals surface area contributed by atoms with Crippen molar-refractivity contribution in [1.82, 2.24) is 19.9 Å². The number of hydrogen-bond acceptors (Lipinski definition) is 8. The first-order valence-corrected chi connectivity index (χ1v) is 18.3. The molecular weight excluding hydrogens is 697 g/mol. The van der Waals surface area contributed by atoms with Gasteiger partial charge in [0.1, 0.15) is 45.8 Å². The molecule has 12 rings (SSSR count). The monoisotopic (exact) mass is 722 g/mol. The predicted octanol–water partition coefficient (Wildman–Crippen LogP) is 11.4. The number of rotatable bonds is 1. The summed E-state index contributed by atoms with van der Waals surface area (Å²) in [5.41, 5.74) is 11.9. The van der Waals surface area contributed by atoms with Crippen LogP contribution in [0, 0.1) is 0 Å². The molecule has 0 bridgehead atoms. The Bertz CT molecular complexity index is 2760. The van der Waals surface area contributed by atoms with Gasteiger partial charge in [-0.2, -0.15) is 0 Å². The van der Waals surface area contributed by atoms with Crippen LogP contribution in [0.25, 0.3) is 33.5 Å². The summed E-state index contributed by atoms with van der Waals surface area (Å²) in [6.45, 7) is 0. The highest BCUT2D eigenvalue weighted by Gasteiger charge is 2.35. The second kappa shape index (κ2) is 11.8. The van der Waals surface area contributed by atoms with Crippen LogP contribution in [0.3, 0.4) is 0 Å². The highest BCUT2D eigenvalue weighted by atomic mass is 16.5. The summed E-state index contributed by atoms with van der Waals surface area (Å²) < 4.78 is 25.8. The van der Waals surface area contributed by atoms with E-state index in [1.165, 1.54) is 0 Å². The molecule has 4 aromatic heterocycles. The molecule has 4 aromatic carbocycles. The Hall–Kier alpha value is -7.84. The lowest BCUT2D eigenvalue weighted by Gasteiger charge is -2.29. The van der Waals surface area contributed by atoms with Crippen LogP contribution in [0.4, 0.5) is 0 Å². The Kier molecular flexibility index (Phi) is 6.47. The molecule has 0 atom stereocenters. The van der Waals surface area contributed by atoms with Crippen molar-refractivity contribution >= 4 is 22.3 Å². The topological polar surface area (TPSA) is 88.5 Å². The molecule has 0 radical (unpaired) electrons. The lowest BCUT2D eigenvalue weighted by Crippen LogP contribution is -2.12. The first-order chi connectivity index (χ1) is 27.8. The van der Waals surface area contributed by atoms with Crippen LogP contribution in [0.2, 0.25) is 0 Å². The summed E-state index contributed by atoms with van der Waals surface area (Å²) in [5.74, 6) is 5.65. The van der Waals surface area contributed by atoms with Crippen molar-refractivity contribution in [1.29, 1.82) is 0 Å². The van der Waals surface area contributed by atoms with E-state index in [4.69, 9.17) is 38.9 Å². The molecule has 4 aliphatic rings. The molecule has 8 heteroatoms. The number of para-hydroxylation sites is 3. The van der Waals surface area contributed by atoms with E-state index in [1.54, 1.807) is 18.6 Å². The number of ether oxygens (including phenoxy) is 4. The van der Waals surface area contributed by atoms with E-state index in [1.807, 2.05) is 115 Å². The summed E-state index contributed by atoms with van der Waals surface area (Å²) in [5, 5.41) is 0. The third-order valence-electron chi connectivity index (χ3n) is 10.5. The molecule has 56 heavy (non-hydrogen) atoms. The van der Waals surface area contributed by atoms with Gasteiger partial charge in [-0.05, 0) is 84.9 Å². The average Bonchev–Trinajstić information content (AvgIpc) is 3.26. The average molecular weight is 723 g/mol. The Morgan fingerprint density at radius 2 is 0.679 bits per heavy atom. The Morgan fingerprint density at radius 3 is 1.18 bits per heavy atom. The zero-order valence-electron chi connectivity index (χ0n) is 29.4. The van der Waals surface area contributed by atoms with Crippen molar-refractivity contribution in [3.8, 4) is 57.3 Å². The van der Waals surface area contributed by atoms with E-state index >= 15 is 0 Å². The van der Waals surface area contributed by atoms with Crippen molar-refractivity contribution in [3.63, 3.8) is 0 Å². The molecule has 0 aliphatic carbocycles. The maximum absolute atomic E-state index is 6.56. The van der Waals surface area contributed by atoms with Crippen LogP contribution >= 0.6 is 0 Å². The fraction of sp³-hybridized carbons (Fsp3) is 0. The maximum Gasteiger partial charge on any atom is 0.153 e. The van der Waals surface area contributed by atoms with E-state index in [-0.39, 0.29) is 0 Å². The smallest absolute Gasteiger partial charge is 0.153 e. The fourth-order valence-electron chi connectivity index (χ4n) is 8.11. The summed E-state index contributed by atoms with van der Waals surface area (Å²) in [6.07, 6.45) is 5.38. The van der Waals surface area contributed by atoms with Crippen LogP contribution in [0.5, 0.6) is 46.0 Å². The van der Waals surface area contributed by atoms with Gasteiger partial charge in [-0.3, -0.25) is 15.0 Å². The zero-order chi connectivity index (χ0) is 36.7. The van der Waals surface area contributed by atoms with Crippen molar-refractivity contribution in [3.05, 3.63) is 203 Å². The van der Waals surface area contributed by atoms with Gasteiger partial charge in [0.2, 0.25) is 0 Å². The molecule has 0 fully saturated rings. The molecule has 0 saturated heterocycles. The van der Waals surface area contributed by atoms with Gasteiger partial charge in [0.15, 0.2) is 23.0 Å². The standard InChI is InChI=1S/C48H26N4O4/c1-4-13-33-28(10-1)41(45-37(53-33)16-7-23-49-45)43-30-12-3-6-15-35(30)55-40-22-20-32(52-48(40)43)27-19-21-36-31(26-27)44(47-39(56-36)18-9-25-51-47)42-29-11-2-5-14-34(29)54-38-17-8-24-50-46(38)42/h1-26H/b43-41+,44-42-. The molecule has 4 aliphatic heterocycles. The third-order valence-corrected chi connectivity index (χ3v) is 10.5. The van der Waals surface area contributed by atoms with Gasteiger partial charge in [0, 0.05) is 68.7 Å². The molecule has 0 N–H and O–H groups in total. The van der Waals surface area contributed by atoms with Gasteiger partial charge in [-0.25, -0.2) is 4.98 Å². The van der Waals surface area contributed by atoms with E-state index in [2.05, 4.69) is 24.3 Å². The Morgan fingerprint density at radius 1 is 0.304 bits per heavy atom. The fourth-order valence-corrected chi connectivity index (χ4v) is 8.11. The van der Waals surface area contributed by atoms with E-state index in [9.17, 15) is 0 Å². The maximum atomic E-state index is 6.56. The Labute approximate surface area is 320 Å². The van der Waals surface area contributed by atoms with E-state index in [0.29, 0.717) is 34.4 Å². The summed E-state index contributed by atoms with van der Waals surface area (Å²) in [4.78, 5) is 20.0. The lowest BCUT2D eigenvalue weighted by atomic mass is 9.85. The van der Waals surface area contributed by atoms with Gasteiger partial charge < -0.3 is 18.9 Å². The van der Waals surface area contributed by atoms with Crippen LogP contribution in [-0.2, 0) is 0 Å². The summed E-state index contributed by atoms with van der Waals surface area (Å²) in [7, 11) is 0. The predicted molar refractivity (Wildman–Crippen MR) is 212 cm³/mol. The molecule has 0 saturated carbocycles. The molecule has 262 valence electrons. The number of hydrogen-bond donors (Lipinski definition) is 0. The molecule has 8 nitrogen and oxygen atoms in total. The molecule has 0 unspecified atom stereocenters. The normalized spacial score (nSPS) is 16.4. The van der Waals surface area contributed by atoms with Crippen molar-refractivity contribution in [2.24, 2.45) is 0 Å². The van der Waals surface area contributed by atoms with Gasteiger partial charge in [0.05, 0.1) is 5.69 Å². The SMILES string of the molecule is c1ccc2c(c1)Oc1cccnc1/C2=C1/c2cc(-c3ccc4c(n3)/C(=C3\c5ccccc5Oc5cccnc53)c3ccccc3O4)ccc2Oc2cccnc21. The van der Waals surface area contributed by atoms with E-state index < -0.39 is 0 Å². The van der Waals surface area contributed by atoms with Crippen LogP contribution in [-0.4, -0.2) is 19.9 Å². The molecular formula is C48H26N4O4. The highest BCUT2D eigenvalue weighted by Crippen LogP contribution is 2.54.